The summed E-state index contributed by atoms with van der Waals surface area (Å²) in [6.45, 7) is 8.40. The van der Waals surface area contributed by atoms with Crippen LogP contribution in [0.15, 0.2) is 41.7 Å². The summed E-state index contributed by atoms with van der Waals surface area (Å²) in [5.74, 6) is 2.67. The van der Waals surface area contributed by atoms with Gasteiger partial charge in [0.2, 0.25) is 0 Å². The van der Waals surface area contributed by atoms with E-state index in [1.54, 1.807) is 6.20 Å². The van der Waals surface area contributed by atoms with Crippen LogP contribution >= 0.6 is 11.6 Å². The third-order valence-electron chi connectivity index (χ3n) is 5.50. The lowest BCUT2D eigenvalue weighted by Crippen LogP contribution is -2.44. The average Bonchev–Trinajstić information content (AvgIpc) is 3.27. The van der Waals surface area contributed by atoms with Crippen LogP contribution in [0, 0.1) is 0 Å². The van der Waals surface area contributed by atoms with Gasteiger partial charge in [-0.1, -0.05) is 17.7 Å². The van der Waals surface area contributed by atoms with E-state index in [2.05, 4.69) is 43.4 Å². The van der Waals surface area contributed by atoms with Crippen LogP contribution in [0.25, 0.3) is 0 Å². The first-order valence-electron chi connectivity index (χ1n) is 10.9. The lowest BCUT2D eigenvalue weighted by atomic mass is 10.2. The van der Waals surface area contributed by atoms with Crippen molar-refractivity contribution < 1.29 is 4.74 Å². The van der Waals surface area contributed by atoms with E-state index in [4.69, 9.17) is 21.3 Å². The molecular weight excluding hydrogens is 414 g/mol. The third-order valence-corrected chi connectivity index (χ3v) is 5.79. The summed E-state index contributed by atoms with van der Waals surface area (Å²) >= 11 is 6.33. The number of aromatic nitrogens is 2. The predicted molar refractivity (Wildman–Crippen MR) is 125 cm³/mol. The zero-order valence-corrected chi connectivity index (χ0v) is 18.7. The van der Waals surface area contributed by atoms with Gasteiger partial charge in [-0.15, -0.1) is 0 Å². The van der Waals surface area contributed by atoms with Gasteiger partial charge in [-0.25, -0.2) is 15.0 Å². The Morgan fingerprint density at radius 2 is 1.90 bits per heavy atom. The van der Waals surface area contributed by atoms with Crippen molar-refractivity contribution in [2.75, 3.05) is 55.7 Å². The van der Waals surface area contributed by atoms with Crippen LogP contribution in [0.4, 0.5) is 11.6 Å². The molecule has 2 saturated heterocycles. The standard InChI is InChI=1S/C22H30ClN7O/c1-2-24-22(28-18-7-10-30(16-18)21-19(23)6-4-9-26-21)27-15-17-5-3-8-25-20(17)29-11-13-31-14-12-29/h3-6,8-9,18H,2,7,10-16H2,1H3,(H2,24,27,28). The molecule has 0 bridgehead atoms. The van der Waals surface area contributed by atoms with E-state index in [1.807, 2.05) is 24.4 Å². The minimum absolute atomic E-state index is 0.281. The molecule has 1 unspecified atom stereocenters. The number of rotatable bonds is 6. The number of pyridine rings is 2. The van der Waals surface area contributed by atoms with Gasteiger partial charge in [-0.05, 0) is 31.5 Å². The van der Waals surface area contributed by atoms with E-state index in [0.29, 0.717) is 11.6 Å². The molecule has 8 nitrogen and oxygen atoms in total. The second-order valence-corrected chi connectivity index (χ2v) is 8.07. The molecule has 2 N–H and O–H groups in total. The maximum absolute atomic E-state index is 6.33. The highest BCUT2D eigenvalue weighted by Crippen LogP contribution is 2.26. The number of halogens is 1. The molecule has 1 atom stereocenters. The molecule has 2 aliphatic rings. The first kappa shape index (κ1) is 21.6. The zero-order valence-electron chi connectivity index (χ0n) is 17.9. The largest absolute Gasteiger partial charge is 0.378 e. The van der Waals surface area contributed by atoms with Gasteiger partial charge >= 0.3 is 0 Å². The monoisotopic (exact) mass is 443 g/mol. The van der Waals surface area contributed by atoms with Crippen LogP contribution in [0.2, 0.25) is 5.02 Å². The molecule has 0 saturated carbocycles. The molecule has 31 heavy (non-hydrogen) atoms. The summed E-state index contributed by atoms with van der Waals surface area (Å²) in [6, 6.07) is 8.10. The molecule has 0 aliphatic carbocycles. The van der Waals surface area contributed by atoms with E-state index in [9.17, 15) is 0 Å². The molecule has 0 aromatic carbocycles. The Kier molecular flexibility index (Phi) is 7.43. The Balaban J connectivity index is 1.41. The molecule has 2 aromatic heterocycles. The van der Waals surface area contributed by atoms with E-state index < -0.39 is 0 Å². The van der Waals surface area contributed by atoms with Gasteiger partial charge in [0.05, 0.1) is 24.8 Å². The number of nitrogens with one attached hydrogen (secondary N) is 2. The van der Waals surface area contributed by atoms with Gasteiger partial charge in [0.25, 0.3) is 0 Å². The van der Waals surface area contributed by atoms with Gasteiger partial charge < -0.3 is 25.2 Å². The summed E-state index contributed by atoms with van der Waals surface area (Å²) in [7, 11) is 0. The number of ether oxygens (including phenoxy) is 1. The SMILES string of the molecule is CCNC(=NCc1cccnc1N1CCOCC1)NC1CCN(c2ncccc2Cl)C1. The second kappa shape index (κ2) is 10.6. The third kappa shape index (κ3) is 5.57. The Hall–Kier alpha value is -2.58. The lowest BCUT2D eigenvalue weighted by Gasteiger charge is -2.29. The van der Waals surface area contributed by atoms with Crippen molar-refractivity contribution in [3.63, 3.8) is 0 Å². The van der Waals surface area contributed by atoms with Crippen molar-refractivity contribution >= 4 is 29.2 Å². The van der Waals surface area contributed by atoms with Gasteiger partial charge in [0.1, 0.15) is 11.6 Å². The molecule has 0 amide bonds. The van der Waals surface area contributed by atoms with Crippen LogP contribution in [0.1, 0.15) is 18.9 Å². The fourth-order valence-electron chi connectivity index (χ4n) is 3.97. The zero-order chi connectivity index (χ0) is 21.5. The fraction of sp³-hybridized carbons (Fsp3) is 0.500. The fourth-order valence-corrected chi connectivity index (χ4v) is 4.21. The Bertz CT molecular complexity index is 888. The normalized spacial score (nSPS) is 19.5. The van der Waals surface area contributed by atoms with Gasteiger partial charge in [0, 0.05) is 56.7 Å². The molecule has 4 rings (SSSR count). The highest BCUT2D eigenvalue weighted by molar-refractivity contribution is 6.32. The molecule has 4 heterocycles. The molecule has 0 radical (unpaired) electrons. The van der Waals surface area contributed by atoms with Gasteiger partial charge in [0.15, 0.2) is 5.96 Å². The summed E-state index contributed by atoms with van der Waals surface area (Å²) in [5.41, 5.74) is 1.12. The molecular formula is C22H30ClN7O. The van der Waals surface area contributed by atoms with Crippen molar-refractivity contribution in [2.45, 2.75) is 25.9 Å². The molecule has 9 heteroatoms. The van der Waals surface area contributed by atoms with Crippen molar-refractivity contribution in [3.05, 3.63) is 47.2 Å². The van der Waals surface area contributed by atoms with E-state index >= 15 is 0 Å². The second-order valence-electron chi connectivity index (χ2n) is 7.67. The van der Waals surface area contributed by atoms with E-state index in [-0.39, 0.29) is 6.04 Å². The van der Waals surface area contributed by atoms with Crippen molar-refractivity contribution in [1.82, 2.24) is 20.6 Å². The molecule has 166 valence electrons. The number of hydrogen-bond donors (Lipinski definition) is 2. The maximum Gasteiger partial charge on any atom is 0.191 e. The molecule has 2 aliphatic heterocycles. The number of aliphatic imine (C=N–C) groups is 1. The smallest absolute Gasteiger partial charge is 0.191 e. The number of morpholine rings is 1. The quantitative estimate of drug-likeness (QED) is 0.524. The molecule has 2 aromatic rings. The summed E-state index contributed by atoms with van der Waals surface area (Å²) in [6.07, 6.45) is 4.63. The Labute approximate surface area is 188 Å². The first-order valence-corrected chi connectivity index (χ1v) is 11.3. The summed E-state index contributed by atoms with van der Waals surface area (Å²) in [4.78, 5) is 18.4. The van der Waals surface area contributed by atoms with Crippen LogP contribution in [0.5, 0.6) is 0 Å². The average molecular weight is 444 g/mol. The van der Waals surface area contributed by atoms with Crippen LogP contribution in [-0.4, -0.2) is 67.9 Å². The van der Waals surface area contributed by atoms with Crippen molar-refractivity contribution in [3.8, 4) is 0 Å². The van der Waals surface area contributed by atoms with Crippen molar-refractivity contribution in [1.29, 1.82) is 0 Å². The number of guanidine groups is 1. The van der Waals surface area contributed by atoms with Crippen LogP contribution in [0.3, 0.4) is 0 Å². The lowest BCUT2D eigenvalue weighted by molar-refractivity contribution is 0.122. The van der Waals surface area contributed by atoms with Crippen LogP contribution < -0.4 is 20.4 Å². The highest BCUT2D eigenvalue weighted by atomic mass is 35.5. The minimum atomic E-state index is 0.281. The maximum atomic E-state index is 6.33. The van der Waals surface area contributed by atoms with Gasteiger partial charge in [-0.3, -0.25) is 0 Å². The number of anilines is 2. The number of hydrogen-bond acceptors (Lipinski definition) is 6. The van der Waals surface area contributed by atoms with Crippen LogP contribution in [-0.2, 0) is 11.3 Å². The Morgan fingerprint density at radius 3 is 2.68 bits per heavy atom. The highest BCUT2D eigenvalue weighted by Gasteiger charge is 2.25. The molecule has 0 spiro atoms. The van der Waals surface area contributed by atoms with Crippen molar-refractivity contribution in [2.24, 2.45) is 4.99 Å². The van der Waals surface area contributed by atoms with Gasteiger partial charge in [-0.2, -0.15) is 0 Å². The van der Waals surface area contributed by atoms with E-state index in [0.717, 1.165) is 75.5 Å². The summed E-state index contributed by atoms with van der Waals surface area (Å²) < 4.78 is 5.48. The molecule has 2 fully saturated rings. The predicted octanol–water partition coefficient (Wildman–Crippen LogP) is 2.30. The van der Waals surface area contributed by atoms with E-state index in [1.165, 1.54) is 0 Å². The minimum Gasteiger partial charge on any atom is -0.378 e. The Morgan fingerprint density at radius 1 is 1.13 bits per heavy atom. The number of nitrogens with zero attached hydrogens (tertiary/aromatic N) is 5. The first-order chi connectivity index (χ1) is 15.2. The summed E-state index contributed by atoms with van der Waals surface area (Å²) in [5, 5.41) is 7.64. The topological polar surface area (TPSA) is 77.9 Å².